The molecule has 0 amide bonds. The largest absolute Gasteiger partial charge is 0.355 e. The van der Waals surface area contributed by atoms with Gasteiger partial charge in [0.1, 0.15) is 0 Å². The molecular formula is C18H20Br2N4. The lowest BCUT2D eigenvalue weighted by Gasteiger charge is -2.22. The molecule has 2 aromatic rings. The summed E-state index contributed by atoms with van der Waals surface area (Å²) in [4.78, 5) is 4.45. The van der Waals surface area contributed by atoms with Crippen LogP contribution in [0.2, 0.25) is 0 Å². The Morgan fingerprint density at radius 3 is 2.46 bits per heavy atom. The second kappa shape index (κ2) is 7.57. The minimum absolute atomic E-state index is 0.734. The molecule has 0 spiro atoms. The van der Waals surface area contributed by atoms with E-state index in [1.807, 2.05) is 18.2 Å². The standard InChI is InChI=1S/C18H20Br2N4/c1-11-12(2)16(23-13-6-4-3-5-7-13)14(10-19)17(15(11)20)24-18-21-8-9-22-18/h3-7,23H,8-10H2,1-2H3,(H2,21,22,24). The molecule has 0 radical (unpaired) electrons. The Balaban J connectivity index is 2.08. The monoisotopic (exact) mass is 450 g/mol. The first-order valence-electron chi connectivity index (χ1n) is 7.86. The van der Waals surface area contributed by atoms with Crippen molar-refractivity contribution in [2.24, 2.45) is 4.99 Å². The van der Waals surface area contributed by atoms with Gasteiger partial charge in [-0.1, -0.05) is 34.1 Å². The van der Waals surface area contributed by atoms with Crippen molar-refractivity contribution in [2.75, 3.05) is 23.7 Å². The van der Waals surface area contributed by atoms with Gasteiger partial charge in [-0.2, -0.15) is 0 Å². The number of para-hydroxylation sites is 1. The first kappa shape index (κ1) is 17.3. The quantitative estimate of drug-likeness (QED) is 0.568. The summed E-state index contributed by atoms with van der Waals surface area (Å²) in [5.41, 5.74) is 6.85. The molecule has 1 heterocycles. The Morgan fingerprint density at radius 2 is 1.83 bits per heavy atom. The number of alkyl halides is 1. The third kappa shape index (κ3) is 3.44. The van der Waals surface area contributed by atoms with Crippen LogP contribution >= 0.6 is 31.9 Å². The average Bonchev–Trinajstić information content (AvgIpc) is 3.11. The number of guanidine groups is 1. The summed E-state index contributed by atoms with van der Waals surface area (Å²) < 4.78 is 1.07. The van der Waals surface area contributed by atoms with Crippen molar-refractivity contribution in [2.45, 2.75) is 19.2 Å². The van der Waals surface area contributed by atoms with Gasteiger partial charge in [-0.25, -0.2) is 0 Å². The number of hydrogen-bond donors (Lipinski definition) is 3. The highest BCUT2D eigenvalue weighted by atomic mass is 79.9. The molecule has 0 aliphatic carbocycles. The van der Waals surface area contributed by atoms with Crippen LogP contribution in [0.5, 0.6) is 0 Å². The molecule has 1 aliphatic heterocycles. The Morgan fingerprint density at radius 1 is 1.08 bits per heavy atom. The van der Waals surface area contributed by atoms with Crippen LogP contribution in [0, 0.1) is 13.8 Å². The predicted molar refractivity (Wildman–Crippen MR) is 110 cm³/mol. The molecule has 3 rings (SSSR count). The lowest BCUT2D eigenvalue weighted by Crippen LogP contribution is -2.27. The lowest BCUT2D eigenvalue weighted by atomic mass is 10.0. The Kier molecular flexibility index (Phi) is 5.46. The summed E-state index contributed by atoms with van der Waals surface area (Å²) in [5, 5.41) is 11.0. The smallest absolute Gasteiger partial charge is 0.195 e. The van der Waals surface area contributed by atoms with Crippen LogP contribution in [0.3, 0.4) is 0 Å². The molecule has 0 atom stereocenters. The highest BCUT2D eigenvalue weighted by molar-refractivity contribution is 9.10. The maximum Gasteiger partial charge on any atom is 0.195 e. The Bertz CT molecular complexity index is 773. The molecule has 0 bridgehead atoms. The Labute approximate surface area is 159 Å². The Hall–Kier alpha value is -1.53. The fourth-order valence-corrected chi connectivity index (χ4v) is 3.92. The SMILES string of the molecule is Cc1c(C)c(Nc2ccccc2)c(CBr)c(NC2=NCCN2)c1Br. The average molecular weight is 452 g/mol. The van der Waals surface area contributed by atoms with E-state index in [1.165, 1.54) is 16.7 Å². The van der Waals surface area contributed by atoms with E-state index in [0.717, 1.165) is 45.9 Å². The van der Waals surface area contributed by atoms with Gasteiger partial charge in [-0.05, 0) is 53.0 Å². The third-order valence-electron chi connectivity index (χ3n) is 4.18. The summed E-state index contributed by atoms with van der Waals surface area (Å²) in [5.74, 6) is 0.826. The van der Waals surface area contributed by atoms with Crippen molar-refractivity contribution in [3.63, 3.8) is 0 Å². The van der Waals surface area contributed by atoms with Crippen LogP contribution in [-0.2, 0) is 5.33 Å². The molecule has 24 heavy (non-hydrogen) atoms. The maximum absolute atomic E-state index is 4.45. The van der Waals surface area contributed by atoms with Crippen molar-refractivity contribution in [1.29, 1.82) is 0 Å². The van der Waals surface area contributed by atoms with Crippen LogP contribution in [-0.4, -0.2) is 19.0 Å². The van der Waals surface area contributed by atoms with E-state index in [-0.39, 0.29) is 0 Å². The van der Waals surface area contributed by atoms with Crippen LogP contribution in [0.15, 0.2) is 39.8 Å². The number of rotatable bonds is 4. The minimum atomic E-state index is 0.734. The molecule has 0 saturated carbocycles. The summed E-state index contributed by atoms with van der Waals surface area (Å²) in [6.07, 6.45) is 0. The van der Waals surface area contributed by atoms with Gasteiger partial charge in [0.05, 0.1) is 12.2 Å². The fraction of sp³-hybridized carbons (Fsp3) is 0.278. The second-order valence-corrected chi connectivity index (χ2v) is 7.05. The van der Waals surface area contributed by atoms with Crippen LogP contribution in [0.4, 0.5) is 17.1 Å². The minimum Gasteiger partial charge on any atom is -0.355 e. The van der Waals surface area contributed by atoms with Crippen molar-refractivity contribution < 1.29 is 0 Å². The van der Waals surface area contributed by atoms with Gasteiger partial charge in [-0.15, -0.1) is 0 Å². The number of benzene rings is 2. The van der Waals surface area contributed by atoms with Crippen molar-refractivity contribution in [1.82, 2.24) is 5.32 Å². The van der Waals surface area contributed by atoms with Gasteiger partial charge in [0.25, 0.3) is 0 Å². The van der Waals surface area contributed by atoms with E-state index < -0.39 is 0 Å². The number of anilines is 3. The van der Waals surface area contributed by atoms with Crippen molar-refractivity contribution in [3.05, 3.63) is 51.5 Å². The van der Waals surface area contributed by atoms with Gasteiger partial charge >= 0.3 is 0 Å². The second-order valence-electron chi connectivity index (χ2n) is 5.70. The van der Waals surface area contributed by atoms with Crippen LogP contribution in [0.1, 0.15) is 16.7 Å². The lowest BCUT2D eigenvalue weighted by molar-refractivity contribution is 0.959. The highest BCUT2D eigenvalue weighted by Gasteiger charge is 2.20. The van der Waals surface area contributed by atoms with Crippen molar-refractivity contribution in [3.8, 4) is 0 Å². The molecule has 2 aromatic carbocycles. The van der Waals surface area contributed by atoms with E-state index in [0.29, 0.717) is 0 Å². The number of halogens is 2. The first-order chi connectivity index (χ1) is 11.6. The zero-order valence-corrected chi connectivity index (χ0v) is 16.9. The molecule has 126 valence electrons. The molecule has 0 aromatic heterocycles. The molecule has 6 heteroatoms. The molecule has 0 unspecified atom stereocenters. The van der Waals surface area contributed by atoms with E-state index in [1.54, 1.807) is 0 Å². The number of hydrogen-bond acceptors (Lipinski definition) is 4. The zero-order valence-electron chi connectivity index (χ0n) is 13.7. The van der Waals surface area contributed by atoms with Gasteiger partial charge in [0.2, 0.25) is 0 Å². The molecule has 0 saturated heterocycles. The molecule has 4 nitrogen and oxygen atoms in total. The van der Waals surface area contributed by atoms with Gasteiger partial charge in [-0.3, -0.25) is 4.99 Å². The summed E-state index contributed by atoms with van der Waals surface area (Å²) in [7, 11) is 0. The normalized spacial score (nSPS) is 13.4. The van der Waals surface area contributed by atoms with E-state index in [4.69, 9.17) is 0 Å². The fourth-order valence-electron chi connectivity index (χ4n) is 2.72. The zero-order chi connectivity index (χ0) is 17.1. The highest BCUT2D eigenvalue weighted by Crippen LogP contribution is 2.41. The van der Waals surface area contributed by atoms with E-state index in [2.05, 4.69) is 78.8 Å². The maximum atomic E-state index is 4.45. The van der Waals surface area contributed by atoms with E-state index in [9.17, 15) is 0 Å². The molecule has 3 N–H and O–H groups in total. The number of nitrogens with one attached hydrogen (secondary N) is 3. The van der Waals surface area contributed by atoms with Crippen molar-refractivity contribution >= 4 is 54.9 Å². The summed E-state index contributed by atoms with van der Waals surface area (Å²) in [6.45, 7) is 5.96. The first-order valence-corrected chi connectivity index (χ1v) is 9.78. The third-order valence-corrected chi connectivity index (χ3v) is 5.74. The predicted octanol–water partition coefficient (Wildman–Crippen LogP) is 5.08. The van der Waals surface area contributed by atoms with Crippen LogP contribution in [0.25, 0.3) is 0 Å². The number of aliphatic imine (C=N–C) groups is 1. The number of nitrogens with zero attached hydrogens (tertiary/aromatic N) is 1. The van der Waals surface area contributed by atoms with Gasteiger partial charge in [0, 0.05) is 33.3 Å². The summed E-state index contributed by atoms with van der Waals surface area (Å²) in [6, 6.07) is 10.2. The van der Waals surface area contributed by atoms with Gasteiger partial charge in [0.15, 0.2) is 5.96 Å². The molecular weight excluding hydrogens is 432 g/mol. The molecule has 0 fully saturated rings. The van der Waals surface area contributed by atoms with Crippen LogP contribution < -0.4 is 16.0 Å². The summed E-state index contributed by atoms with van der Waals surface area (Å²) >= 11 is 7.41. The van der Waals surface area contributed by atoms with E-state index >= 15 is 0 Å². The topological polar surface area (TPSA) is 48.5 Å². The van der Waals surface area contributed by atoms with Gasteiger partial charge < -0.3 is 16.0 Å². The molecule has 1 aliphatic rings.